The standard InChI is InChI=1S/C13H14N4/c1-4-12-9(2)16-17(10(12)3)13-7-5-6-11(8-14)15-13/h5-7H,4H2,1-3H3. The Hall–Kier alpha value is -2.15. The van der Waals surface area contributed by atoms with Gasteiger partial charge in [-0.2, -0.15) is 10.4 Å². The molecule has 2 aromatic rings. The number of rotatable bonds is 2. The van der Waals surface area contributed by atoms with Crippen molar-refractivity contribution in [1.82, 2.24) is 14.8 Å². The summed E-state index contributed by atoms with van der Waals surface area (Å²) in [5, 5.41) is 13.3. The third kappa shape index (κ3) is 1.92. The van der Waals surface area contributed by atoms with Gasteiger partial charge in [-0.15, -0.1) is 0 Å². The van der Waals surface area contributed by atoms with Gasteiger partial charge in [-0.3, -0.25) is 0 Å². The fraction of sp³-hybridized carbons (Fsp3) is 0.308. The van der Waals surface area contributed by atoms with Crippen molar-refractivity contribution in [3.8, 4) is 11.9 Å². The van der Waals surface area contributed by atoms with E-state index in [-0.39, 0.29) is 0 Å². The molecule has 2 rings (SSSR count). The second kappa shape index (κ2) is 4.38. The quantitative estimate of drug-likeness (QED) is 0.789. The molecule has 0 radical (unpaired) electrons. The van der Waals surface area contributed by atoms with Crippen molar-refractivity contribution in [3.05, 3.63) is 40.8 Å². The third-order valence-electron chi connectivity index (χ3n) is 2.86. The van der Waals surface area contributed by atoms with Gasteiger partial charge in [0.2, 0.25) is 0 Å². The first-order chi connectivity index (χ1) is 8.17. The van der Waals surface area contributed by atoms with Gasteiger partial charge >= 0.3 is 0 Å². The Morgan fingerprint density at radius 2 is 2.12 bits per heavy atom. The normalized spacial score (nSPS) is 10.2. The summed E-state index contributed by atoms with van der Waals surface area (Å²) in [6, 6.07) is 7.41. The van der Waals surface area contributed by atoms with Crippen molar-refractivity contribution in [1.29, 1.82) is 5.26 Å². The number of nitrogens with zero attached hydrogens (tertiary/aromatic N) is 4. The topological polar surface area (TPSA) is 54.5 Å². The van der Waals surface area contributed by atoms with E-state index in [1.165, 1.54) is 5.56 Å². The van der Waals surface area contributed by atoms with E-state index >= 15 is 0 Å². The minimum atomic E-state index is 0.410. The SMILES string of the molecule is CCc1c(C)nn(-c2cccc(C#N)n2)c1C. The van der Waals surface area contributed by atoms with Crippen LogP contribution in [0.1, 0.15) is 29.6 Å². The lowest BCUT2D eigenvalue weighted by molar-refractivity contribution is 0.803. The molecule has 2 aromatic heterocycles. The molecular formula is C13H14N4. The molecule has 86 valence electrons. The van der Waals surface area contributed by atoms with Gasteiger partial charge in [-0.1, -0.05) is 13.0 Å². The largest absolute Gasteiger partial charge is 0.219 e. The maximum atomic E-state index is 8.84. The summed E-state index contributed by atoms with van der Waals surface area (Å²) in [5.74, 6) is 0.698. The average molecular weight is 226 g/mol. The van der Waals surface area contributed by atoms with E-state index in [0.29, 0.717) is 11.5 Å². The molecule has 0 saturated heterocycles. The summed E-state index contributed by atoms with van der Waals surface area (Å²) in [4.78, 5) is 4.25. The molecule has 0 spiro atoms. The summed E-state index contributed by atoms with van der Waals surface area (Å²) >= 11 is 0. The second-order valence-corrected chi connectivity index (χ2v) is 3.91. The minimum Gasteiger partial charge on any atom is -0.219 e. The van der Waals surface area contributed by atoms with E-state index in [9.17, 15) is 0 Å². The number of hydrogen-bond acceptors (Lipinski definition) is 3. The van der Waals surface area contributed by atoms with Crippen LogP contribution >= 0.6 is 0 Å². The molecule has 0 aromatic carbocycles. The lowest BCUT2D eigenvalue weighted by Gasteiger charge is -2.03. The molecule has 4 heteroatoms. The Balaban J connectivity index is 2.57. The Kier molecular flexibility index (Phi) is 2.92. The number of hydrogen-bond donors (Lipinski definition) is 0. The minimum absolute atomic E-state index is 0.410. The van der Waals surface area contributed by atoms with Crippen molar-refractivity contribution in [2.75, 3.05) is 0 Å². The Bertz CT molecular complexity index is 590. The van der Waals surface area contributed by atoms with Crippen LogP contribution in [0.2, 0.25) is 0 Å². The van der Waals surface area contributed by atoms with Crippen molar-refractivity contribution < 1.29 is 0 Å². The summed E-state index contributed by atoms with van der Waals surface area (Å²) in [6.07, 6.45) is 0.954. The molecule has 0 amide bonds. The fourth-order valence-corrected chi connectivity index (χ4v) is 2.01. The molecule has 17 heavy (non-hydrogen) atoms. The zero-order valence-electron chi connectivity index (χ0n) is 10.2. The van der Waals surface area contributed by atoms with E-state index in [2.05, 4.69) is 17.0 Å². The van der Waals surface area contributed by atoms with E-state index in [1.54, 1.807) is 10.7 Å². The molecule has 0 atom stereocenters. The maximum Gasteiger partial charge on any atom is 0.155 e. The molecule has 0 aliphatic heterocycles. The van der Waals surface area contributed by atoms with Crippen molar-refractivity contribution in [2.24, 2.45) is 0 Å². The van der Waals surface area contributed by atoms with Crippen molar-refractivity contribution in [2.45, 2.75) is 27.2 Å². The van der Waals surface area contributed by atoms with Crippen LogP contribution in [-0.2, 0) is 6.42 Å². The molecule has 0 saturated carbocycles. The van der Waals surface area contributed by atoms with Crippen LogP contribution in [0, 0.1) is 25.2 Å². The first kappa shape index (κ1) is 11.3. The highest BCUT2D eigenvalue weighted by Gasteiger charge is 2.11. The van der Waals surface area contributed by atoms with Gasteiger partial charge in [-0.25, -0.2) is 9.67 Å². The van der Waals surface area contributed by atoms with Gasteiger partial charge in [0.15, 0.2) is 5.82 Å². The fourth-order valence-electron chi connectivity index (χ4n) is 2.01. The van der Waals surface area contributed by atoms with E-state index in [0.717, 1.165) is 17.8 Å². The average Bonchev–Trinajstić information content (AvgIpc) is 2.64. The Labute approximate surface area is 101 Å². The van der Waals surface area contributed by atoms with Crippen LogP contribution < -0.4 is 0 Å². The van der Waals surface area contributed by atoms with Gasteiger partial charge in [-0.05, 0) is 38.0 Å². The predicted octanol–water partition coefficient (Wildman–Crippen LogP) is 2.32. The molecule has 0 fully saturated rings. The molecule has 0 aliphatic carbocycles. The molecule has 0 unspecified atom stereocenters. The molecule has 0 aliphatic rings. The lowest BCUT2D eigenvalue weighted by Crippen LogP contribution is -2.03. The second-order valence-electron chi connectivity index (χ2n) is 3.91. The van der Waals surface area contributed by atoms with Crippen LogP contribution in [0.25, 0.3) is 5.82 Å². The highest BCUT2D eigenvalue weighted by Crippen LogP contribution is 2.17. The van der Waals surface area contributed by atoms with E-state index in [1.807, 2.05) is 32.0 Å². The van der Waals surface area contributed by atoms with Crippen LogP contribution in [-0.4, -0.2) is 14.8 Å². The summed E-state index contributed by atoms with van der Waals surface area (Å²) in [6.45, 7) is 6.14. The van der Waals surface area contributed by atoms with Crippen LogP contribution in [0.15, 0.2) is 18.2 Å². The molecule has 0 bridgehead atoms. The zero-order valence-corrected chi connectivity index (χ0v) is 10.2. The van der Waals surface area contributed by atoms with Gasteiger partial charge in [0.05, 0.1) is 5.69 Å². The predicted molar refractivity (Wildman–Crippen MR) is 64.9 cm³/mol. The molecule has 2 heterocycles. The van der Waals surface area contributed by atoms with Gasteiger partial charge in [0.1, 0.15) is 11.8 Å². The number of pyridine rings is 1. The van der Waals surface area contributed by atoms with Crippen LogP contribution in [0.5, 0.6) is 0 Å². The lowest BCUT2D eigenvalue weighted by atomic mass is 10.1. The highest BCUT2D eigenvalue weighted by atomic mass is 15.3. The number of nitriles is 1. The summed E-state index contributed by atoms with van der Waals surface area (Å²) in [5.41, 5.74) is 3.77. The molecular weight excluding hydrogens is 212 g/mol. The molecule has 4 nitrogen and oxygen atoms in total. The summed E-state index contributed by atoms with van der Waals surface area (Å²) < 4.78 is 1.80. The smallest absolute Gasteiger partial charge is 0.155 e. The summed E-state index contributed by atoms with van der Waals surface area (Å²) in [7, 11) is 0. The number of aryl methyl sites for hydroxylation is 1. The Morgan fingerprint density at radius 1 is 1.35 bits per heavy atom. The monoisotopic (exact) mass is 226 g/mol. The number of aromatic nitrogens is 3. The maximum absolute atomic E-state index is 8.84. The van der Waals surface area contributed by atoms with Crippen LogP contribution in [0.4, 0.5) is 0 Å². The van der Waals surface area contributed by atoms with Crippen molar-refractivity contribution in [3.63, 3.8) is 0 Å². The van der Waals surface area contributed by atoms with E-state index in [4.69, 9.17) is 5.26 Å². The van der Waals surface area contributed by atoms with Gasteiger partial charge < -0.3 is 0 Å². The third-order valence-corrected chi connectivity index (χ3v) is 2.86. The first-order valence-electron chi connectivity index (χ1n) is 5.60. The van der Waals surface area contributed by atoms with Crippen molar-refractivity contribution >= 4 is 0 Å². The Morgan fingerprint density at radius 3 is 2.71 bits per heavy atom. The van der Waals surface area contributed by atoms with E-state index < -0.39 is 0 Å². The van der Waals surface area contributed by atoms with Gasteiger partial charge in [0.25, 0.3) is 0 Å². The van der Waals surface area contributed by atoms with Gasteiger partial charge in [0, 0.05) is 5.69 Å². The zero-order chi connectivity index (χ0) is 12.4. The van der Waals surface area contributed by atoms with Crippen LogP contribution in [0.3, 0.4) is 0 Å². The highest BCUT2D eigenvalue weighted by molar-refractivity contribution is 5.35. The molecule has 0 N–H and O–H groups in total. The first-order valence-corrected chi connectivity index (χ1v) is 5.60.